The van der Waals surface area contributed by atoms with Gasteiger partial charge in [-0.2, -0.15) is 5.10 Å². The van der Waals surface area contributed by atoms with Crippen molar-refractivity contribution in [3.8, 4) is 0 Å². The molecule has 0 amide bonds. The number of ketones is 1. The highest BCUT2D eigenvalue weighted by atomic mass is 35.5. The maximum Gasteiger partial charge on any atom is 0.331 e. The number of halogens is 2. The van der Waals surface area contributed by atoms with Crippen molar-refractivity contribution in [2.24, 2.45) is 0 Å². The molecule has 3 aromatic rings. The van der Waals surface area contributed by atoms with Crippen LogP contribution in [0.5, 0.6) is 0 Å². The molecule has 2 aromatic heterocycles. The molecule has 0 unspecified atom stereocenters. The topological polar surface area (TPSA) is 66.1 Å². The smallest absolute Gasteiger partial charge is 0.331 e. The number of rotatable bonds is 9. The lowest BCUT2D eigenvalue weighted by Gasteiger charge is -2.07. The first-order chi connectivity index (χ1) is 15.7. The van der Waals surface area contributed by atoms with E-state index in [-0.39, 0.29) is 12.4 Å². The maximum atomic E-state index is 12.6. The Kier molecular flexibility index (Phi) is 8.16. The molecule has 0 saturated carbocycles. The predicted molar refractivity (Wildman–Crippen MR) is 131 cm³/mol. The summed E-state index contributed by atoms with van der Waals surface area (Å²) in [4.78, 5) is 24.8. The zero-order valence-corrected chi connectivity index (χ0v) is 20.7. The van der Waals surface area contributed by atoms with Crippen LogP contribution in [0.1, 0.15) is 51.9 Å². The number of esters is 1. The summed E-state index contributed by atoms with van der Waals surface area (Å²) >= 11 is 12.7. The zero-order valence-electron chi connectivity index (χ0n) is 19.2. The first kappa shape index (κ1) is 24.8. The summed E-state index contributed by atoms with van der Waals surface area (Å²) in [7, 11) is 0. The number of aryl methyl sites for hydroxylation is 2. The fourth-order valence-electron chi connectivity index (χ4n) is 3.71. The molecule has 0 atom stereocenters. The number of hydrogen-bond acceptors (Lipinski definition) is 4. The average Bonchev–Trinajstić information content (AvgIpc) is 3.21. The largest absolute Gasteiger partial charge is 0.454 e. The number of aromatic nitrogens is 3. The molecule has 2 heterocycles. The number of benzene rings is 1. The van der Waals surface area contributed by atoms with Crippen molar-refractivity contribution in [3.63, 3.8) is 0 Å². The summed E-state index contributed by atoms with van der Waals surface area (Å²) < 4.78 is 8.89. The van der Waals surface area contributed by atoms with Crippen LogP contribution in [0.3, 0.4) is 0 Å². The van der Waals surface area contributed by atoms with E-state index in [1.807, 2.05) is 38.1 Å². The number of hydrogen-bond donors (Lipinski definition) is 0. The molecular weight excluding hydrogens is 461 g/mol. The molecule has 3 rings (SSSR count). The lowest BCUT2D eigenvalue weighted by molar-refractivity contribution is -0.136. The molecule has 0 fully saturated rings. The van der Waals surface area contributed by atoms with Gasteiger partial charge >= 0.3 is 5.97 Å². The Morgan fingerprint density at radius 3 is 2.58 bits per heavy atom. The highest BCUT2D eigenvalue weighted by molar-refractivity contribution is 6.32. The molecule has 0 saturated heterocycles. The standard InChI is InChI=1S/C25H27Cl2N3O3/c1-5-12-29-16(2)13-21(18(29)4)23(31)15-33-24(32)11-10-20-17(3)28-30(25(20)27)14-19-8-6-7-9-22(19)26/h6-11,13H,5,12,14-15H2,1-4H3. The summed E-state index contributed by atoms with van der Waals surface area (Å²) in [5, 5.41) is 5.45. The fraction of sp³-hybridized carbons (Fsp3) is 0.320. The Morgan fingerprint density at radius 2 is 1.88 bits per heavy atom. The van der Waals surface area contributed by atoms with Gasteiger partial charge in [0.1, 0.15) is 5.15 Å². The van der Waals surface area contributed by atoms with Crippen molar-refractivity contribution in [2.45, 2.75) is 47.2 Å². The van der Waals surface area contributed by atoms with Gasteiger partial charge in [-0.25, -0.2) is 9.48 Å². The van der Waals surface area contributed by atoms with Crippen molar-refractivity contribution < 1.29 is 14.3 Å². The van der Waals surface area contributed by atoms with Crippen molar-refractivity contribution in [1.82, 2.24) is 14.3 Å². The summed E-state index contributed by atoms with van der Waals surface area (Å²) in [6.07, 6.45) is 3.78. The fourth-order valence-corrected chi connectivity index (χ4v) is 4.21. The minimum Gasteiger partial charge on any atom is -0.454 e. The Bertz CT molecular complexity index is 1210. The third-order valence-corrected chi connectivity index (χ3v) is 6.21. The van der Waals surface area contributed by atoms with Crippen LogP contribution in [-0.4, -0.2) is 32.7 Å². The molecule has 1 aromatic carbocycles. The van der Waals surface area contributed by atoms with E-state index in [0.717, 1.165) is 29.9 Å². The molecule has 0 aliphatic carbocycles. The molecule has 0 bridgehead atoms. The third kappa shape index (κ3) is 5.75. The van der Waals surface area contributed by atoms with Crippen molar-refractivity contribution >= 4 is 41.0 Å². The van der Waals surface area contributed by atoms with Crippen LogP contribution in [0, 0.1) is 20.8 Å². The Hall–Kier alpha value is -2.83. The Morgan fingerprint density at radius 1 is 1.15 bits per heavy atom. The van der Waals surface area contributed by atoms with Crippen molar-refractivity contribution in [2.75, 3.05) is 6.61 Å². The quantitative estimate of drug-likeness (QED) is 0.217. The molecular formula is C25H27Cl2N3O3. The van der Waals surface area contributed by atoms with E-state index >= 15 is 0 Å². The molecule has 6 nitrogen and oxygen atoms in total. The summed E-state index contributed by atoms with van der Waals surface area (Å²) in [6.45, 7) is 8.69. The van der Waals surface area contributed by atoms with Crippen LogP contribution in [0.25, 0.3) is 6.08 Å². The Balaban J connectivity index is 1.64. The van der Waals surface area contributed by atoms with Gasteiger partial charge in [0, 0.05) is 40.2 Å². The monoisotopic (exact) mass is 487 g/mol. The highest BCUT2D eigenvalue weighted by Gasteiger charge is 2.17. The molecule has 33 heavy (non-hydrogen) atoms. The van der Waals surface area contributed by atoms with E-state index in [2.05, 4.69) is 16.6 Å². The van der Waals surface area contributed by atoms with Crippen LogP contribution < -0.4 is 0 Å². The minimum atomic E-state index is -0.625. The van der Waals surface area contributed by atoms with E-state index in [1.54, 1.807) is 23.7 Å². The number of Topliss-reactive ketones (excluding diaryl/α,β-unsaturated/α-hetero) is 1. The van der Waals surface area contributed by atoms with E-state index in [1.165, 1.54) is 6.08 Å². The molecule has 0 aliphatic rings. The molecule has 8 heteroatoms. The Labute approximate surface area is 203 Å². The van der Waals surface area contributed by atoms with Gasteiger partial charge in [-0.05, 0) is 51.0 Å². The summed E-state index contributed by atoms with van der Waals surface area (Å²) in [5.74, 6) is -0.853. The number of carbonyl (C=O) groups is 2. The first-order valence-electron chi connectivity index (χ1n) is 10.7. The maximum absolute atomic E-state index is 12.6. The van der Waals surface area contributed by atoms with E-state index in [9.17, 15) is 9.59 Å². The zero-order chi connectivity index (χ0) is 24.1. The lowest BCUT2D eigenvalue weighted by atomic mass is 10.1. The van der Waals surface area contributed by atoms with E-state index in [4.69, 9.17) is 27.9 Å². The SMILES string of the molecule is CCCn1c(C)cc(C(=O)COC(=O)C=Cc2c(C)nn(Cc3ccccc3Cl)c2Cl)c1C. The van der Waals surface area contributed by atoms with Gasteiger partial charge in [-0.1, -0.05) is 48.3 Å². The van der Waals surface area contributed by atoms with Gasteiger partial charge in [-0.15, -0.1) is 0 Å². The second kappa shape index (κ2) is 10.9. The average molecular weight is 488 g/mol. The second-order valence-electron chi connectivity index (χ2n) is 7.84. The van der Waals surface area contributed by atoms with Crippen LogP contribution >= 0.6 is 23.2 Å². The van der Waals surface area contributed by atoms with Gasteiger partial charge < -0.3 is 9.30 Å². The third-order valence-electron chi connectivity index (χ3n) is 5.44. The normalized spacial score (nSPS) is 11.3. The van der Waals surface area contributed by atoms with Gasteiger partial charge in [-0.3, -0.25) is 4.79 Å². The van der Waals surface area contributed by atoms with E-state index < -0.39 is 5.97 Å². The number of carbonyl (C=O) groups excluding carboxylic acids is 2. The van der Waals surface area contributed by atoms with Crippen LogP contribution in [0.15, 0.2) is 36.4 Å². The van der Waals surface area contributed by atoms with Gasteiger partial charge in [0.05, 0.1) is 12.2 Å². The molecule has 0 N–H and O–H groups in total. The van der Waals surface area contributed by atoms with Crippen LogP contribution in [0.2, 0.25) is 10.2 Å². The molecule has 0 aliphatic heterocycles. The van der Waals surface area contributed by atoms with Gasteiger partial charge in [0.25, 0.3) is 0 Å². The van der Waals surface area contributed by atoms with Crippen molar-refractivity contribution in [1.29, 1.82) is 0 Å². The van der Waals surface area contributed by atoms with Crippen LogP contribution in [-0.2, 0) is 22.6 Å². The summed E-state index contributed by atoms with van der Waals surface area (Å²) in [5.41, 5.74) is 4.64. The molecule has 0 spiro atoms. The summed E-state index contributed by atoms with van der Waals surface area (Å²) in [6, 6.07) is 9.30. The second-order valence-corrected chi connectivity index (χ2v) is 8.60. The van der Waals surface area contributed by atoms with Crippen LogP contribution in [0.4, 0.5) is 0 Å². The van der Waals surface area contributed by atoms with Crippen molar-refractivity contribution in [3.05, 3.63) is 80.4 Å². The molecule has 174 valence electrons. The highest BCUT2D eigenvalue weighted by Crippen LogP contribution is 2.24. The van der Waals surface area contributed by atoms with E-state index in [0.29, 0.717) is 33.5 Å². The van der Waals surface area contributed by atoms with Gasteiger partial charge in [0.2, 0.25) is 5.78 Å². The number of nitrogens with zero attached hydrogens (tertiary/aromatic N) is 3. The number of ether oxygens (including phenoxy) is 1. The lowest BCUT2D eigenvalue weighted by Crippen LogP contribution is -2.13. The first-order valence-corrected chi connectivity index (χ1v) is 11.5. The predicted octanol–water partition coefficient (Wildman–Crippen LogP) is 5.81. The van der Waals surface area contributed by atoms with Gasteiger partial charge in [0.15, 0.2) is 6.61 Å². The molecule has 0 radical (unpaired) electrons. The minimum absolute atomic E-state index is 0.228.